The predicted octanol–water partition coefficient (Wildman–Crippen LogP) is 3.44. The highest BCUT2D eigenvalue weighted by Gasteiger charge is 2.29. The minimum Gasteiger partial charge on any atom is -0.328 e. The summed E-state index contributed by atoms with van der Waals surface area (Å²) < 4.78 is 1.86. The number of amides is 4. The average molecular weight is 439 g/mol. The molecule has 2 N–H and O–H groups in total. The fraction of sp³-hybridized carbons (Fsp3) is 0.286. The summed E-state index contributed by atoms with van der Waals surface area (Å²) in [4.78, 5) is 37.3. The Morgan fingerprint density at radius 1 is 1.13 bits per heavy atom. The van der Waals surface area contributed by atoms with Gasteiger partial charge in [0, 0.05) is 11.9 Å². The number of aromatic nitrogens is 3. The molecule has 1 aromatic carbocycles. The second kappa shape index (κ2) is 8.76. The molecular weight excluding hydrogens is 416 g/mol. The van der Waals surface area contributed by atoms with Crippen molar-refractivity contribution in [2.24, 2.45) is 5.92 Å². The van der Waals surface area contributed by atoms with Crippen LogP contribution in [0.1, 0.15) is 31.3 Å². The highest BCUT2D eigenvalue weighted by Crippen LogP contribution is 2.23. The second-order valence-corrected chi connectivity index (χ2v) is 8.47. The third-order valence-electron chi connectivity index (χ3n) is 4.96. The molecule has 1 aliphatic rings. The van der Waals surface area contributed by atoms with Crippen LogP contribution in [-0.4, -0.2) is 42.4 Å². The van der Waals surface area contributed by atoms with Gasteiger partial charge in [-0.15, -0.1) is 10.2 Å². The summed E-state index contributed by atoms with van der Waals surface area (Å²) in [7, 11) is 0. The van der Waals surface area contributed by atoms with Crippen molar-refractivity contribution in [2.75, 3.05) is 11.1 Å². The number of fused-ring (bicyclic) bond motifs is 1. The largest absolute Gasteiger partial charge is 0.328 e. The zero-order chi connectivity index (χ0) is 22.0. The van der Waals surface area contributed by atoms with E-state index >= 15 is 0 Å². The first-order valence-electron chi connectivity index (χ1n) is 9.85. The van der Waals surface area contributed by atoms with E-state index in [1.807, 2.05) is 42.6 Å². The van der Waals surface area contributed by atoms with E-state index in [4.69, 9.17) is 0 Å². The van der Waals surface area contributed by atoms with E-state index in [0.717, 1.165) is 17.3 Å². The van der Waals surface area contributed by atoms with Crippen molar-refractivity contribution in [3.8, 4) is 0 Å². The van der Waals surface area contributed by atoms with E-state index in [1.165, 1.54) is 4.90 Å². The van der Waals surface area contributed by atoms with Crippen molar-refractivity contribution >= 4 is 40.3 Å². The Morgan fingerprint density at radius 3 is 2.58 bits per heavy atom. The molecule has 1 atom stereocenters. The number of anilines is 1. The predicted molar refractivity (Wildman–Crippen MR) is 118 cm³/mol. The summed E-state index contributed by atoms with van der Waals surface area (Å²) in [5.41, 5.74) is 2.13. The SMILES string of the molecule is CC(C)C(NC(=O)Nc1ccc(CN2C(=O)CSC2=O)cc1)c1nnc2ccccn12. The van der Waals surface area contributed by atoms with E-state index in [-0.39, 0.29) is 41.4 Å². The molecular formula is C21H22N6O3S. The molecule has 0 saturated carbocycles. The van der Waals surface area contributed by atoms with Gasteiger partial charge in [-0.1, -0.05) is 43.8 Å². The topological polar surface area (TPSA) is 109 Å². The molecule has 0 bridgehead atoms. The maximum absolute atomic E-state index is 12.6. The molecule has 160 valence electrons. The first-order valence-corrected chi connectivity index (χ1v) is 10.8. The van der Waals surface area contributed by atoms with Crippen molar-refractivity contribution in [2.45, 2.75) is 26.4 Å². The highest BCUT2D eigenvalue weighted by molar-refractivity contribution is 8.14. The zero-order valence-electron chi connectivity index (χ0n) is 17.1. The Hall–Kier alpha value is -3.40. The van der Waals surface area contributed by atoms with Crippen LogP contribution in [0.4, 0.5) is 15.3 Å². The van der Waals surface area contributed by atoms with Gasteiger partial charge in [-0.2, -0.15) is 0 Å². The Morgan fingerprint density at radius 2 is 1.90 bits per heavy atom. The van der Waals surface area contributed by atoms with E-state index in [1.54, 1.807) is 24.3 Å². The van der Waals surface area contributed by atoms with Crippen LogP contribution in [0.25, 0.3) is 5.65 Å². The number of thioether (sulfide) groups is 1. The van der Waals surface area contributed by atoms with Gasteiger partial charge in [-0.25, -0.2) is 4.79 Å². The van der Waals surface area contributed by atoms with Crippen molar-refractivity contribution in [1.29, 1.82) is 0 Å². The fourth-order valence-corrected chi connectivity index (χ4v) is 4.04. The number of urea groups is 1. The van der Waals surface area contributed by atoms with Crippen LogP contribution in [0.5, 0.6) is 0 Å². The van der Waals surface area contributed by atoms with Gasteiger partial charge in [0.25, 0.3) is 5.24 Å². The van der Waals surface area contributed by atoms with Crippen LogP contribution < -0.4 is 10.6 Å². The number of benzene rings is 1. The van der Waals surface area contributed by atoms with E-state index in [0.29, 0.717) is 17.2 Å². The standard InChI is InChI=1S/C21H22N6O3S/c1-13(2)18(19-25-24-16-5-3-4-10-26(16)19)23-20(29)22-15-8-6-14(7-9-15)11-27-17(28)12-31-21(27)30/h3-10,13,18H,11-12H2,1-2H3,(H2,22,23,29). The van der Waals surface area contributed by atoms with Crippen LogP contribution in [0.15, 0.2) is 48.7 Å². The molecule has 4 amide bonds. The number of nitrogens with zero attached hydrogens (tertiary/aromatic N) is 4. The lowest BCUT2D eigenvalue weighted by atomic mass is 10.0. The number of carbonyl (C=O) groups is 3. The summed E-state index contributed by atoms with van der Waals surface area (Å²) in [6.07, 6.45) is 1.87. The maximum Gasteiger partial charge on any atom is 0.319 e. The smallest absolute Gasteiger partial charge is 0.319 e. The molecule has 1 saturated heterocycles. The van der Waals surface area contributed by atoms with Gasteiger partial charge >= 0.3 is 6.03 Å². The van der Waals surface area contributed by atoms with E-state index in [9.17, 15) is 14.4 Å². The van der Waals surface area contributed by atoms with Crippen LogP contribution >= 0.6 is 11.8 Å². The van der Waals surface area contributed by atoms with Gasteiger partial charge in [0.05, 0.1) is 18.3 Å². The number of rotatable bonds is 6. The minimum atomic E-state index is -0.361. The van der Waals surface area contributed by atoms with Gasteiger partial charge in [0.2, 0.25) is 5.91 Å². The second-order valence-electron chi connectivity index (χ2n) is 7.54. The fourth-order valence-electron chi connectivity index (χ4n) is 3.32. The molecule has 0 aliphatic carbocycles. The third-order valence-corrected chi connectivity index (χ3v) is 5.82. The normalized spacial score (nSPS) is 15.0. The van der Waals surface area contributed by atoms with Gasteiger partial charge in [0.1, 0.15) is 0 Å². The lowest BCUT2D eigenvalue weighted by molar-refractivity contribution is -0.125. The summed E-state index contributed by atoms with van der Waals surface area (Å²) in [5, 5.41) is 14.0. The summed E-state index contributed by atoms with van der Waals surface area (Å²) in [6.45, 7) is 4.23. The molecule has 4 rings (SSSR count). The van der Waals surface area contributed by atoms with Gasteiger partial charge < -0.3 is 10.6 Å². The Balaban J connectivity index is 1.41. The van der Waals surface area contributed by atoms with Gasteiger partial charge in [-0.05, 0) is 35.7 Å². The molecule has 31 heavy (non-hydrogen) atoms. The van der Waals surface area contributed by atoms with E-state index < -0.39 is 0 Å². The summed E-state index contributed by atoms with van der Waals surface area (Å²) >= 11 is 1.01. The quantitative estimate of drug-likeness (QED) is 0.610. The maximum atomic E-state index is 12.6. The Kier molecular flexibility index (Phi) is 5.90. The first-order chi connectivity index (χ1) is 14.9. The number of pyridine rings is 1. The summed E-state index contributed by atoms with van der Waals surface area (Å²) in [5.74, 6) is 0.761. The molecule has 1 fully saturated rings. The number of nitrogens with one attached hydrogen (secondary N) is 2. The molecule has 2 aromatic heterocycles. The Labute approximate surface area is 183 Å². The van der Waals surface area contributed by atoms with Crippen molar-refractivity contribution in [1.82, 2.24) is 24.8 Å². The average Bonchev–Trinajstić information content (AvgIpc) is 3.31. The van der Waals surface area contributed by atoms with Crippen LogP contribution in [-0.2, 0) is 11.3 Å². The molecule has 0 radical (unpaired) electrons. The number of hydrogen-bond donors (Lipinski definition) is 2. The molecule has 10 heteroatoms. The lowest BCUT2D eigenvalue weighted by Crippen LogP contribution is -2.36. The number of hydrogen-bond acceptors (Lipinski definition) is 6. The van der Waals surface area contributed by atoms with Crippen molar-refractivity contribution in [3.63, 3.8) is 0 Å². The zero-order valence-corrected chi connectivity index (χ0v) is 17.9. The van der Waals surface area contributed by atoms with E-state index in [2.05, 4.69) is 20.8 Å². The van der Waals surface area contributed by atoms with Crippen LogP contribution in [0.2, 0.25) is 0 Å². The molecule has 3 heterocycles. The highest BCUT2D eigenvalue weighted by atomic mass is 32.2. The molecule has 0 spiro atoms. The number of imide groups is 1. The van der Waals surface area contributed by atoms with Crippen LogP contribution in [0, 0.1) is 5.92 Å². The monoisotopic (exact) mass is 438 g/mol. The van der Waals surface area contributed by atoms with Crippen LogP contribution in [0.3, 0.4) is 0 Å². The summed E-state index contributed by atoms with van der Waals surface area (Å²) in [6, 6.07) is 12.0. The number of carbonyl (C=O) groups excluding carboxylic acids is 3. The lowest BCUT2D eigenvalue weighted by Gasteiger charge is -2.21. The molecule has 1 aliphatic heterocycles. The molecule has 1 unspecified atom stereocenters. The minimum absolute atomic E-state index is 0.0918. The molecule has 9 nitrogen and oxygen atoms in total. The van der Waals surface area contributed by atoms with Gasteiger partial charge in [-0.3, -0.25) is 18.9 Å². The first kappa shape index (κ1) is 20.9. The molecule has 3 aromatic rings. The van der Waals surface area contributed by atoms with Gasteiger partial charge in [0.15, 0.2) is 11.5 Å². The van der Waals surface area contributed by atoms with Crippen molar-refractivity contribution in [3.05, 3.63) is 60.0 Å². The Bertz CT molecular complexity index is 1110. The van der Waals surface area contributed by atoms with Crippen molar-refractivity contribution < 1.29 is 14.4 Å². The third kappa shape index (κ3) is 4.53.